The average molecular weight is 727 g/mol. The van der Waals surface area contributed by atoms with Crippen molar-refractivity contribution < 1.29 is 32.7 Å². The van der Waals surface area contributed by atoms with Crippen molar-refractivity contribution in [2.24, 2.45) is 5.92 Å². The summed E-state index contributed by atoms with van der Waals surface area (Å²) in [5, 5.41) is 12.2. The minimum absolute atomic E-state index is 0.0879. The topological polar surface area (TPSA) is 112 Å². The number of alkyl halides is 2. The quantitative estimate of drug-likeness (QED) is 0.151. The van der Waals surface area contributed by atoms with Crippen molar-refractivity contribution in [1.29, 1.82) is 0 Å². The van der Waals surface area contributed by atoms with Crippen LogP contribution < -0.4 is 5.32 Å². The number of aliphatic carboxylic acids is 1. The monoisotopic (exact) mass is 726 g/mol. The summed E-state index contributed by atoms with van der Waals surface area (Å²) in [6, 6.07) is 20.3. The van der Waals surface area contributed by atoms with Gasteiger partial charge in [0.15, 0.2) is 5.82 Å². The van der Waals surface area contributed by atoms with Crippen LogP contribution in [0.5, 0.6) is 0 Å². The molecule has 3 heterocycles. The lowest BCUT2D eigenvalue weighted by atomic mass is 9.95. The molecule has 6 rings (SSSR count). The second kappa shape index (κ2) is 14.3. The van der Waals surface area contributed by atoms with Gasteiger partial charge in [0, 0.05) is 66.0 Å². The molecule has 2 amide bonds. The Hall–Kier alpha value is -5.36. The third kappa shape index (κ3) is 8.07. The van der Waals surface area contributed by atoms with Crippen LogP contribution in [0.3, 0.4) is 0 Å². The van der Waals surface area contributed by atoms with E-state index < -0.39 is 29.7 Å². The first-order valence-electron chi connectivity index (χ1n) is 16.7. The molecule has 0 radical (unpaired) electrons. The molecule has 1 fully saturated rings. The van der Waals surface area contributed by atoms with Gasteiger partial charge in [-0.05, 0) is 40.3 Å². The van der Waals surface area contributed by atoms with Crippen LogP contribution in [0, 0.1) is 11.7 Å². The van der Waals surface area contributed by atoms with E-state index in [-0.39, 0.29) is 47.9 Å². The molecular weight excluding hydrogens is 690 g/mol. The summed E-state index contributed by atoms with van der Waals surface area (Å²) in [5.41, 5.74) is 3.08. The number of carboxylic acids is 1. The summed E-state index contributed by atoms with van der Waals surface area (Å²) in [6.45, 7) is 7.18. The zero-order chi connectivity index (χ0) is 37.4. The number of aromatic nitrogens is 2. The van der Waals surface area contributed by atoms with E-state index >= 15 is 4.39 Å². The molecule has 1 aliphatic heterocycles. The van der Waals surface area contributed by atoms with Crippen molar-refractivity contribution in [3.8, 4) is 33.6 Å². The summed E-state index contributed by atoms with van der Waals surface area (Å²) < 4.78 is 42.4. The lowest BCUT2D eigenvalue weighted by Crippen LogP contribution is -2.59. The van der Waals surface area contributed by atoms with Crippen LogP contribution in [0.1, 0.15) is 53.4 Å². The summed E-state index contributed by atoms with van der Waals surface area (Å²) in [6.07, 6.45) is 3.22. The second-order valence-corrected chi connectivity index (χ2v) is 15.2. The van der Waals surface area contributed by atoms with Gasteiger partial charge >= 0.3 is 5.97 Å². The number of nitrogens with one attached hydrogen (secondary N) is 1. The van der Waals surface area contributed by atoms with Crippen molar-refractivity contribution in [2.75, 3.05) is 13.1 Å². The highest BCUT2D eigenvalue weighted by molar-refractivity contribution is 7.14. The smallest absolute Gasteiger partial charge is 0.310 e. The maximum absolute atomic E-state index is 15.2. The first kappa shape index (κ1) is 36.4. The fourth-order valence-corrected chi connectivity index (χ4v) is 6.82. The Bertz CT molecular complexity index is 2100. The van der Waals surface area contributed by atoms with Gasteiger partial charge < -0.3 is 15.3 Å². The Morgan fingerprint density at radius 1 is 0.865 bits per heavy atom. The van der Waals surface area contributed by atoms with Crippen molar-refractivity contribution in [3.63, 3.8) is 0 Å². The number of nitrogens with zero attached hydrogens (tertiary/aromatic N) is 3. The van der Waals surface area contributed by atoms with E-state index in [1.165, 1.54) is 59.0 Å². The Labute approximate surface area is 303 Å². The molecule has 0 saturated carbocycles. The highest BCUT2D eigenvalue weighted by Gasteiger charge is 2.39. The minimum atomic E-state index is -2.96. The number of carboxylic acid groups (broad SMARTS) is 1. The fraction of sp³-hybridized carbons (Fsp3) is 0.275. The third-order valence-electron chi connectivity index (χ3n) is 9.02. The van der Waals surface area contributed by atoms with Crippen LogP contribution in [-0.4, -0.2) is 56.9 Å². The van der Waals surface area contributed by atoms with Crippen LogP contribution in [0.15, 0.2) is 91.3 Å². The zero-order valence-electron chi connectivity index (χ0n) is 29.0. The molecule has 52 heavy (non-hydrogen) atoms. The van der Waals surface area contributed by atoms with Gasteiger partial charge in [0.05, 0.1) is 10.8 Å². The predicted molar refractivity (Wildman–Crippen MR) is 194 cm³/mol. The van der Waals surface area contributed by atoms with E-state index in [2.05, 4.69) is 36.1 Å². The molecule has 0 spiro atoms. The first-order valence-corrected chi connectivity index (χ1v) is 17.5. The maximum Gasteiger partial charge on any atom is 0.310 e. The summed E-state index contributed by atoms with van der Waals surface area (Å²) in [7, 11) is 0. The molecule has 2 aromatic heterocycles. The predicted octanol–water partition coefficient (Wildman–Crippen LogP) is 7.97. The van der Waals surface area contributed by atoms with Crippen LogP contribution in [0.2, 0.25) is 0 Å². The zero-order valence-corrected chi connectivity index (χ0v) is 29.8. The van der Waals surface area contributed by atoms with Gasteiger partial charge in [-0.25, -0.2) is 23.1 Å². The maximum atomic E-state index is 15.2. The number of halogens is 3. The lowest BCUT2D eigenvalue weighted by molar-refractivity contribution is -0.153. The summed E-state index contributed by atoms with van der Waals surface area (Å²) in [4.78, 5) is 50.0. The van der Waals surface area contributed by atoms with E-state index in [0.717, 1.165) is 17.4 Å². The SMILES string of the molecule is CC(C)(C)c1ccc(C(=O)N[C@@H](Cc2ccc(-c3ncc(-c4ccc(-c5ccc(C(C)(F)F)cc5)cc4F)cn3)cc2)C(=O)N2CC(C(=O)O)C2)s1. The molecule has 3 aromatic carbocycles. The number of hydrogen-bond acceptors (Lipinski definition) is 6. The Kier molecular flexibility index (Phi) is 10.0. The number of benzene rings is 3. The Balaban J connectivity index is 1.15. The first-order chi connectivity index (χ1) is 24.6. The standard InChI is InChI=1S/C40H37F3N4O4S/c1-39(2,3)34-16-15-33(52-34)36(48)46-32(37(49)47-21-28(22-47)38(50)51)17-23-5-7-25(8-6-23)35-44-19-27(20-45-35)30-14-11-26(18-31(30)41)24-9-12-29(13-10-24)40(4,42)43/h5-16,18-20,28,32H,17,21-22H2,1-4H3,(H,46,48)(H,50,51)/t32-/m0/s1. The highest BCUT2D eigenvalue weighted by atomic mass is 32.1. The summed E-state index contributed by atoms with van der Waals surface area (Å²) in [5.74, 6) is -5.38. The Morgan fingerprint density at radius 3 is 2.04 bits per heavy atom. The molecule has 2 N–H and O–H groups in total. The lowest BCUT2D eigenvalue weighted by Gasteiger charge is -2.38. The van der Waals surface area contributed by atoms with Crippen LogP contribution >= 0.6 is 11.3 Å². The molecular formula is C40H37F3N4O4S. The third-order valence-corrected chi connectivity index (χ3v) is 10.5. The van der Waals surface area contributed by atoms with E-state index in [1.807, 2.05) is 18.2 Å². The van der Waals surface area contributed by atoms with Gasteiger partial charge in [-0.15, -0.1) is 11.3 Å². The Morgan fingerprint density at radius 2 is 1.48 bits per heavy atom. The molecule has 1 aliphatic rings. The molecule has 0 bridgehead atoms. The molecule has 268 valence electrons. The largest absolute Gasteiger partial charge is 0.481 e. The van der Waals surface area contributed by atoms with Crippen LogP contribution in [-0.2, 0) is 27.3 Å². The van der Waals surface area contributed by atoms with Gasteiger partial charge in [0.25, 0.3) is 11.8 Å². The summed E-state index contributed by atoms with van der Waals surface area (Å²) >= 11 is 1.37. The normalized spacial score (nSPS) is 14.1. The molecule has 12 heteroatoms. The van der Waals surface area contributed by atoms with E-state index in [1.54, 1.807) is 30.3 Å². The number of hydrogen-bond donors (Lipinski definition) is 2. The molecule has 5 aromatic rings. The van der Waals surface area contributed by atoms with Gasteiger partial charge in [-0.2, -0.15) is 0 Å². The minimum Gasteiger partial charge on any atom is -0.481 e. The van der Waals surface area contributed by atoms with Crippen molar-refractivity contribution in [2.45, 2.75) is 51.5 Å². The highest BCUT2D eigenvalue weighted by Crippen LogP contribution is 2.32. The number of rotatable bonds is 10. The van der Waals surface area contributed by atoms with E-state index in [4.69, 9.17) is 0 Å². The molecule has 0 aliphatic carbocycles. The number of thiophene rings is 1. The van der Waals surface area contributed by atoms with Crippen LogP contribution in [0.4, 0.5) is 13.2 Å². The number of likely N-dealkylation sites (tertiary alicyclic amines) is 1. The number of carbonyl (C=O) groups excluding carboxylic acids is 2. The van der Waals surface area contributed by atoms with E-state index in [9.17, 15) is 28.3 Å². The van der Waals surface area contributed by atoms with Crippen LogP contribution in [0.25, 0.3) is 33.6 Å². The van der Waals surface area contributed by atoms with Crippen molar-refractivity contribution in [3.05, 3.63) is 118 Å². The average Bonchev–Trinajstić information content (AvgIpc) is 3.59. The number of amides is 2. The van der Waals surface area contributed by atoms with Gasteiger partial charge in [0.2, 0.25) is 5.91 Å². The van der Waals surface area contributed by atoms with Crippen molar-refractivity contribution in [1.82, 2.24) is 20.2 Å². The van der Waals surface area contributed by atoms with E-state index in [0.29, 0.717) is 33.0 Å². The molecule has 1 saturated heterocycles. The molecule has 8 nitrogen and oxygen atoms in total. The molecule has 1 atom stereocenters. The second-order valence-electron chi connectivity index (χ2n) is 14.1. The van der Waals surface area contributed by atoms with Gasteiger partial charge in [-0.3, -0.25) is 14.4 Å². The molecule has 0 unspecified atom stereocenters. The van der Waals surface area contributed by atoms with Gasteiger partial charge in [0.1, 0.15) is 11.9 Å². The fourth-order valence-electron chi connectivity index (χ4n) is 5.85. The van der Waals surface area contributed by atoms with Gasteiger partial charge in [-0.1, -0.05) is 81.4 Å². The van der Waals surface area contributed by atoms with Crippen molar-refractivity contribution >= 4 is 29.1 Å². The number of carbonyl (C=O) groups is 3.